The second-order valence-corrected chi connectivity index (χ2v) is 7.65. The normalized spacial score (nSPS) is 11.5. The molecule has 34 heavy (non-hydrogen) atoms. The zero-order valence-corrected chi connectivity index (χ0v) is 19.0. The van der Waals surface area contributed by atoms with Gasteiger partial charge in [-0.05, 0) is 67.1 Å². The fourth-order valence-corrected chi connectivity index (χ4v) is 3.58. The summed E-state index contributed by atoms with van der Waals surface area (Å²) in [6, 6.07) is 22.1. The molecule has 0 bridgehead atoms. The van der Waals surface area contributed by atoms with Crippen molar-refractivity contribution in [1.29, 1.82) is 0 Å². The quantitative estimate of drug-likeness (QED) is 0.348. The third-order valence-corrected chi connectivity index (χ3v) is 5.36. The first kappa shape index (κ1) is 22.8. The van der Waals surface area contributed by atoms with Gasteiger partial charge in [-0.3, -0.25) is 9.97 Å². The Hall–Kier alpha value is -4.39. The van der Waals surface area contributed by atoms with Crippen LogP contribution in [0, 0.1) is 0 Å². The molecule has 2 aromatic carbocycles. The van der Waals surface area contributed by atoms with Crippen LogP contribution in [0.1, 0.15) is 34.6 Å². The molecule has 0 fully saturated rings. The molecule has 4 rings (SSSR count). The molecule has 172 valence electrons. The first-order chi connectivity index (χ1) is 16.5. The van der Waals surface area contributed by atoms with E-state index in [1.54, 1.807) is 43.8 Å². The van der Waals surface area contributed by atoms with Crippen molar-refractivity contribution in [2.24, 2.45) is 0 Å². The van der Waals surface area contributed by atoms with Gasteiger partial charge >= 0.3 is 5.97 Å². The maximum absolute atomic E-state index is 11.3. The lowest BCUT2D eigenvalue weighted by atomic mass is 10.1. The van der Waals surface area contributed by atoms with E-state index < -0.39 is 5.97 Å². The Bertz CT molecular complexity index is 1230. The van der Waals surface area contributed by atoms with E-state index in [-0.39, 0.29) is 11.7 Å². The van der Waals surface area contributed by atoms with Gasteiger partial charge in [0.2, 0.25) is 0 Å². The van der Waals surface area contributed by atoms with Crippen LogP contribution in [0.3, 0.4) is 0 Å². The summed E-state index contributed by atoms with van der Waals surface area (Å²) in [5.74, 6) is 0.222. The lowest BCUT2D eigenvalue weighted by molar-refractivity contribution is 0.0697. The van der Waals surface area contributed by atoms with Gasteiger partial charge in [-0.15, -0.1) is 0 Å². The van der Waals surface area contributed by atoms with Gasteiger partial charge in [0.15, 0.2) is 11.5 Å². The number of nitrogens with zero attached hydrogens (tertiary/aromatic N) is 3. The molecule has 0 saturated carbocycles. The van der Waals surface area contributed by atoms with Gasteiger partial charge in [0.05, 0.1) is 18.4 Å². The van der Waals surface area contributed by atoms with Crippen LogP contribution >= 0.6 is 0 Å². The monoisotopic (exact) mass is 455 g/mol. The fraction of sp³-hybridized carbons (Fsp3) is 0.148. The van der Waals surface area contributed by atoms with Crippen LogP contribution in [0.2, 0.25) is 0 Å². The number of anilines is 2. The summed E-state index contributed by atoms with van der Waals surface area (Å²) in [5, 5.41) is 9.28. The number of hydrogen-bond donors (Lipinski definition) is 1. The Kier molecular flexibility index (Phi) is 7.03. The van der Waals surface area contributed by atoms with E-state index in [1.807, 2.05) is 61.7 Å². The number of aromatic nitrogens is 2. The lowest BCUT2D eigenvalue weighted by Crippen LogP contribution is -2.17. The predicted molar refractivity (Wildman–Crippen MR) is 130 cm³/mol. The van der Waals surface area contributed by atoms with Gasteiger partial charge in [0.1, 0.15) is 6.10 Å². The number of benzene rings is 2. The zero-order valence-electron chi connectivity index (χ0n) is 19.0. The van der Waals surface area contributed by atoms with Crippen molar-refractivity contribution in [2.45, 2.75) is 19.6 Å². The summed E-state index contributed by atoms with van der Waals surface area (Å²) in [6.07, 6.45) is 4.99. The van der Waals surface area contributed by atoms with Gasteiger partial charge < -0.3 is 19.5 Å². The third kappa shape index (κ3) is 5.32. The third-order valence-electron chi connectivity index (χ3n) is 5.36. The maximum atomic E-state index is 11.3. The van der Waals surface area contributed by atoms with Crippen molar-refractivity contribution in [1.82, 2.24) is 9.97 Å². The molecule has 1 atom stereocenters. The largest absolute Gasteiger partial charge is 0.493 e. The Morgan fingerprint density at radius 2 is 1.76 bits per heavy atom. The van der Waals surface area contributed by atoms with Gasteiger partial charge in [0.25, 0.3) is 0 Å². The smallest absolute Gasteiger partial charge is 0.335 e. The summed E-state index contributed by atoms with van der Waals surface area (Å²) >= 11 is 0. The number of aromatic carboxylic acids is 1. The number of carboxylic acid groups (broad SMARTS) is 1. The standard InChI is InChI=1S/C27H25N3O4/c1-19(24-7-3-4-15-29-24)34-26-16-23(12-13-25(26)33-2)30(18-20-6-5-14-28-17-20)22-10-8-21(9-11-22)27(31)32/h3-17,19H,18H2,1-2H3,(H,31,32). The number of pyridine rings is 2. The summed E-state index contributed by atoms with van der Waals surface area (Å²) in [4.78, 5) is 22.0. The highest BCUT2D eigenvalue weighted by atomic mass is 16.5. The number of hydrogen-bond acceptors (Lipinski definition) is 6. The van der Waals surface area contributed by atoms with E-state index in [9.17, 15) is 9.90 Å². The molecule has 1 N–H and O–H groups in total. The number of carboxylic acids is 1. The molecule has 2 aromatic heterocycles. The molecule has 0 radical (unpaired) electrons. The molecule has 0 aliphatic carbocycles. The zero-order chi connectivity index (χ0) is 23.9. The number of rotatable bonds is 9. The van der Waals surface area contributed by atoms with Crippen molar-refractivity contribution < 1.29 is 19.4 Å². The van der Waals surface area contributed by atoms with Crippen LogP contribution in [0.5, 0.6) is 11.5 Å². The second kappa shape index (κ2) is 10.5. The Morgan fingerprint density at radius 3 is 2.41 bits per heavy atom. The molecule has 7 heteroatoms. The van der Waals surface area contributed by atoms with Crippen molar-refractivity contribution in [3.05, 3.63) is 108 Å². The molecule has 7 nitrogen and oxygen atoms in total. The van der Waals surface area contributed by atoms with Crippen LogP contribution in [-0.2, 0) is 6.54 Å². The minimum atomic E-state index is -0.964. The van der Waals surface area contributed by atoms with Crippen molar-refractivity contribution in [3.8, 4) is 11.5 Å². The minimum absolute atomic E-state index is 0.230. The van der Waals surface area contributed by atoms with Crippen molar-refractivity contribution in [2.75, 3.05) is 12.0 Å². The van der Waals surface area contributed by atoms with Crippen LogP contribution in [0.4, 0.5) is 11.4 Å². The summed E-state index contributed by atoms with van der Waals surface area (Å²) in [5.41, 5.74) is 3.74. The van der Waals surface area contributed by atoms with Gasteiger partial charge in [-0.1, -0.05) is 12.1 Å². The van der Waals surface area contributed by atoms with E-state index in [4.69, 9.17) is 9.47 Å². The highest BCUT2D eigenvalue weighted by molar-refractivity contribution is 5.88. The minimum Gasteiger partial charge on any atom is -0.493 e. The molecule has 0 aliphatic heterocycles. The van der Waals surface area contributed by atoms with Crippen LogP contribution in [-0.4, -0.2) is 28.2 Å². The van der Waals surface area contributed by atoms with Crippen LogP contribution in [0.15, 0.2) is 91.4 Å². The topological polar surface area (TPSA) is 84.8 Å². The number of ether oxygens (including phenoxy) is 2. The Morgan fingerprint density at radius 1 is 0.971 bits per heavy atom. The van der Waals surface area contributed by atoms with E-state index in [0.29, 0.717) is 18.0 Å². The summed E-state index contributed by atoms with van der Waals surface area (Å²) < 4.78 is 11.8. The Balaban J connectivity index is 1.71. The molecule has 0 saturated heterocycles. The first-order valence-electron chi connectivity index (χ1n) is 10.8. The van der Waals surface area contributed by atoms with E-state index in [2.05, 4.69) is 14.9 Å². The van der Waals surface area contributed by atoms with Crippen molar-refractivity contribution >= 4 is 17.3 Å². The number of methoxy groups -OCH3 is 1. The van der Waals surface area contributed by atoms with Crippen molar-refractivity contribution in [3.63, 3.8) is 0 Å². The second-order valence-electron chi connectivity index (χ2n) is 7.65. The first-order valence-corrected chi connectivity index (χ1v) is 10.8. The fourth-order valence-electron chi connectivity index (χ4n) is 3.58. The lowest BCUT2D eigenvalue weighted by Gasteiger charge is -2.27. The highest BCUT2D eigenvalue weighted by Crippen LogP contribution is 2.37. The molecule has 0 aliphatic rings. The molecular formula is C27H25N3O4. The van der Waals surface area contributed by atoms with Crippen LogP contribution < -0.4 is 14.4 Å². The maximum Gasteiger partial charge on any atom is 0.335 e. The van der Waals surface area contributed by atoms with Gasteiger partial charge in [0, 0.05) is 42.6 Å². The molecule has 1 unspecified atom stereocenters. The van der Waals surface area contributed by atoms with E-state index >= 15 is 0 Å². The van der Waals surface area contributed by atoms with Gasteiger partial charge in [-0.2, -0.15) is 0 Å². The van der Waals surface area contributed by atoms with E-state index in [1.165, 1.54) is 0 Å². The van der Waals surface area contributed by atoms with E-state index in [0.717, 1.165) is 22.6 Å². The highest BCUT2D eigenvalue weighted by Gasteiger charge is 2.17. The summed E-state index contributed by atoms with van der Waals surface area (Å²) in [6.45, 7) is 2.47. The molecule has 0 amide bonds. The van der Waals surface area contributed by atoms with Crippen LogP contribution in [0.25, 0.3) is 0 Å². The average molecular weight is 456 g/mol. The van der Waals surface area contributed by atoms with Gasteiger partial charge in [-0.25, -0.2) is 4.79 Å². The average Bonchev–Trinajstić information content (AvgIpc) is 2.88. The molecule has 2 heterocycles. The molecule has 0 spiro atoms. The Labute approximate surface area is 198 Å². The predicted octanol–water partition coefficient (Wildman–Crippen LogP) is 5.66. The molecule has 4 aromatic rings. The SMILES string of the molecule is COc1ccc(N(Cc2cccnc2)c2ccc(C(=O)O)cc2)cc1OC(C)c1ccccn1. The summed E-state index contributed by atoms with van der Waals surface area (Å²) in [7, 11) is 1.60. The number of carbonyl (C=O) groups is 1. The molecular weight excluding hydrogens is 430 g/mol.